The van der Waals surface area contributed by atoms with Crippen LogP contribution in [0.2, 0.25) is 5.02 Å². The number of benzene rings is 2. The number of amides is 1. The minimum absolute atomic E-state index is 0.123. The molecule has 0 fully saturated rings. The number of aromatic nitrogens is 1. The molecular weight excluding hydrogens is 340 g/mol. The second-order valence-corrected chi connectivity index (χ2v) is 7.30. The first-order chi connectivity index (χ1) is 11.5. The zero-order valence-electron chi connectivity index (χ0n) is 14.0. The monoisotopic (exact) mass is 358 g/mol. The molecule has 0 spiro atoms. The third-order valence-electron chi connectivity index (χ3n) is 4.02. The van der Waals surface area contributed by atoms with Gasteiger partial charge in [0.05, 0.1) is 16.6 Å². The number of thiazole rings is 1. The van der Waals surface area contributed by atoms with Crippen molar-refractivity contribution >= 4 is 39.1 Å². The Bertz CT molecular complexity index is 985. The zero-order valence-corrected chi connectivity index (χ0v) is 15.5. The predicted molar refractivity (Wildman–Crippen MR) is 101 cm³/mol. The van der Waals surface area contributed by atoms with Crippen molar-refractivity contribution in [1.82, 2.24) is 4.57 Å². The van der Waals surface area contributed by atoms with Crippen molar-refractivity contribution < 1.29 is 4.79 Å². The van der Waals surface area contributed by atoms with Crippen molar-refractivity contribution in [3.05, 3.63) is 62.9 Å². The molecule has 0 radical (unpaired) electrons. The topological polar surface area (TPSA) is 34.4 Å². The van der Waals surface area contributed by atoms with E-state index in [-0.39, 0.29) is 5.91 Å². The molecule has 0 aliphatic carbocycles. The summed E-state index contributed by atoms with van der Waals surface area (Å²) in [6.07, 6.45) is 0.324. The summed E-state index contributed by atoms with van der Waals surface area (Å²) in [6, 6.07) is 11.9. The fourth-order valence-electron chi connectivity index (χ4n) is 2.79. The van der Waals surface area contributed by atoms with Crippen molar-refractivity contribution in [2.75, 3.05) is 0 Å². The van der Waals surface area contributed by atoms with Crippen molar-refractivity contribution in [1.29, 1.82) is 0 Å². The maximum atomic E-state index is 12.4. The molecule has 0 saturated heterocycles. The molecule has 3 nitrogen and oxygen atoms in total. The van der Waals surface area contributed by atoms with Gasteiger partial charge in [0, 0.05) is 11.6 Å². The Hall–Kier alpha value is -1.91. The van der Waals surface area contributed by atoms with Crippen LogP contribution in [0, 0.1) is 13.8 Å². The highest BCUT2D eigenvalue weighted by Gasteiger charge is 2.09. The molecule has 0 saturated carbocycles. The van der Waals surface area contributed by atoms with E-state index in [0.717, 1.165) is 32.7 Å². The molecular formula is C19H19ClN2OS. The lowest BCUT2D eigenvalue weighted by Gasteiger charge is -2.04. The van der Waals surface area contributed by atoms with Gasteiger partial charge in [-0.2, -0.15) is 4.99 Å². The van der Waals surface area contributed by atoms with E-state index in [2.05, 4.69) is 22.5 Å². The van der Waals surface area contributed by atoms with E-state index in [9.17, 15) is 4.79 Å². The fourth-order valence-corrected chi connectivity index (χ4v) is 4.18. The average Bonchev–Trinajstić information content (AvgIpc) is 2.86. The normalized spacial score (nSPS) is 12.1. The molecule has 5 heteroatoms. The number of nitrogens with zero attached hydrogens (tertiary/aromatic N) is 2. The Morgan fingerprint density at radius 1 is 1.21 bits per heavy atom. The van der Waals surface area contributed by atoms with Crippen LogP contribution in [0.1, 0.15) is 23.6 Å². The lowest BCUT2D eigenvalue weighted by Crippen LogP contribution is -2.16. The van der Waals surface area contributed by atoms with Crippen molar-refractivity contribution in [3.8, 4) is 0 Å². The second-order valence-electron chi connectivity index (χ2n) is 5.85. The molecule has 0 aliphatic rings. The maximum absolute atomic E-state index is 12.4. The van der Waals surface area contributed by atoms with Gasteiger partial charge in [0.15, 0.2) is 4.80 Å². The van der Waals surface area contributed by atoms with Crippen LogP contribution in [-0.2, 0) is 17.8 Å². The first kappa shape index (κ1) is 16.9. The van der Waals surface area contributed by atoms with Crippen molar-refractivity contribution in [2.24, 2.45) is 4.99 Å². The first-order valence-corrected chi connectivity index (χ1v) is 9.10. The Kier molecular flexibility index (Phi) is 4.88. The standard InChI is InChI=1S/C19H19ClN2OS/c1-4-22-16-8-7-15(20)11-17(16)24-19(22)21-18(23)10-14-6-5-12(2)9-13(14)3/h5-9,11H,4,10H2,1-3H3. The summed E-state index contributed by atoms with van der Waals surface area (Å²) < 4.78 is 3.10. The summed E-state index contributed by atoms with van der Waals surface area (Å²) >= 11 is 7.57. The van der Waals surface area contributed by atoms with Gasteiger partial charge in [-0.3, -0.25) is 4.79 Å². The summed E-state index contributed by atoms with van der Waals surface area (Å²) in [4.78, 5) is 17.5. The summed E-state index contributed by atoms with van der Waals surface area (Å²) in [7, 11) is 0. The van der Waals surface area contributed by atoms with Crippen LogP contribution in [0.25, 0.3) is 10.2 Å². The number of carbonyl (C=O) groups excluding carboxylic acids is 1. The number of rotatable bonds is 3. The molecule has 2 aromatic carbocycles. The van der Waals surface area contributed by atoms with Gasteiger partial charge in [-0.15, -0.1) is 0 Å². The number of halogens is 1. The molecule has 0 bridgehead atoms. The van der Waals surface area contributed by atoms with Crippen LogP contribution < -0.4 is 4.80 Å². The van der Waals surface area contributed by atoms with Crippen LogP contribution in [0.3, 0.4) is 0 Å². The van der Waals surface area contributed by atoms with E-state index >= 15 is 0 Å². The predicted octanol–water partition coefficient (Wildman–Crippen LogP) is 4.66. The quantitative estimate of drug-likeness (QED) is 0.670. The lowest BCUT2D eigenvalue weighted by molar-refractivity contribution is -0.117. The van der Waals surface area contributed by atoms with Gasteiger partial charge in [-0.1, -0.05) is 46.7 Å². The Morgan fingerprint density at radius 3 is 2.71 bits per heavy atom. The van der Waals surface area contributed by atoms with E-state index in [4.69, 9.17) is 11.6 Å². The van der Waals surface area contributed by atoms with E-state index in [1.807, 2.05) is 44.2 Å². The van der Waals surface area contributed by atoms with E-state index in [1.54, 1.807) is 0 Å². The van der Waals surface area contributed by atoms with Gasteiger partial charge in [0.2, 0.25) is 0 Å². The maximum Gasteiger partial charge on any atom is 0.252 e. The number of hydrogen-bond donors (Lipinski definition) is 0. The molecule has 0 aliphatic heterocycles. The molecule has 0 N–H and O–H groups in total. The van der Waals surface area contributed by atoms with E-state index < -0.39 is 0 Å². The molecule has 1 heterocycles. The Morgan fingerprint density at radius 2 is 2.00 bits per heavy atom. The number of hydrogen-bond acceptors (Lipinski definition) is 2. The summed E-state index contributed by atoms with van der Waals surface area (Å²) in [6.45, 7) is 6.89. The third-order valence-corrected chi connectivity index (χ3v) is 5.30. The molecule has 124 valence electrons. The molecule has 3 aromatic rings. The van der Waals surface area contributed by atoms with Crippen LogP contribution >= 0.6 is 22.9 Å². The van der Waals surface area contributed by atoms with Gasteiger partial charge in [-0.25, -0.2) is 0 Å². The molecule has 0 unspecified atom stereocenters. The molecule has 0 atom stereocenters. The largest absolute Gasteiger partial charge is 0.317 e. The molecule has 24 heavy (non-hydrogen) atoms. The average molecular weight is 359 g/mol. The van der Waals surface area contributed by atoms with E-state index in [0.29, 0.717) is 11.4 Å². The Labute approximate surface area is 150 Å². The van der Waals surface area contributed by atoms with Crippen LogP contribution in [-0.4, -0.2) is 10.5 Å². The summed E-state index contributed by atoms with van der Waals surface area (Å²) in [5, 5.41) is 0.695. The highest BCUT2D eigenvalue weighted by molar-refractivity contribution is 7.16. The lowest BCUT2D eigenvalue weighted by atomic mass is 10.0. The highest BCUT2D eigenvalue weighted by Crippen LogP contribution is 2.22. The van der Waals surface area contributed by atoms with Gasteiger partial charge in [-0.05, 0) is 50.1 Å². The molecule has 1 aromatic heterocycles. The number of aryl methyl sites for hydroxylation is 3. The van der Waals surface area contributed by atoms with Gasteiger partial charge in [0.1, 0.15) is 0 Å². The van der Waals surface area contributed by atoms with E-state index in [1.165, 1.54) is 16.9 Å². The van der Waals surface area contributed by atoms with Crippen LogP contribution in [0.4, 0.5) is 0 Å². The first-order valence-electron chi connectivity index (χ1n) is 7.90. The van der Waals surface area contributed by atoms with Gasteiger partial charge in [0.25, 0.3) is 5.91 Å². The van der Waals surface area contributed by atoms with Crippen LogP contribution in [0.15, 0.2) is 41.4 Å². The van der Waals surface area contributed by atoms with Crippen molar-refractivity contribution in [2.45, 2.75) is 33.7 Å². The molecule has 1 amide bonds. The smallest absolute Gasteiger partial charge is 0.252 e. The Balaban J connectivity index is 1.98. The third kappa shape index (κ3) is 3.45. The summed E-state index contributed by atoms with van der Waals surface area (Å²) in [5.41, 5.74) is 4.42. The minimum Gasteiger partial charge on any atom is -0.317 e. The van der Waals surface area contributed by atoms with Crippen molar-refractivity contribution in [3.63, 3.8) is 0 Å². The highest BCUT2D eigenvalue weighted by atomic mass is 35.5. The van der Waals surface area contributed by atoms with Gasteiger partial charge < -0.3 is 4.57 Å². The number of fused-ring (bicyclic) bond motifs is 1. The zero-order chi connectivity index (χ0) is 17.3. The SMILES string of the molecule is CCn1c(=NC(=O)Cc2ccc(C)cc2C)sc2cc(Cl)ccc21. The van der Waals surface area contributed by atoms with Gasteiger partial charge >= 0.3 is 0 Å². The fraction of sp³-hybridized carbons (Fsp3) is 0.263. The number of carbonyl (C=O) groups is 1. The summed E-state index contributed by atoms with van der Waals surface area (Å²) in [5.74, 6) is -0.123. The minimum atomic E-state index is -0.123. The van der Waals surface area contributed by atoms with Crippen LogP contribution in [0.5, 0.6) is 0 Å². The molecule has 3 rings (SSSR count). The second kappa shape index (κ2) is 6.91.